The van der Waals surface area contributed by atoms with Crippen LogP contribution in [-0.4, -0.2) is 60.5 Å². The Balaban J connectivity index is 0.00000243. The first-order valence-corrected chi connectivity index (χ1v) is 8.96. The van der Waals surface area contributed by atoms with Gasteiger partial charge in [-0.25, -0.2) is 0 Å². The summed E-state index contributed by atoms with van der Waals surface area (Å²) in [4.78, 5) is 13.5. The van der Waals surface area contributed by atoms with E-state index in [-0.39, 0.29) is 24.0 Å². The number of aromatic nitrogens is 1. The summed E-state index contributed by atoms with van der Waals surface area (Å²) in [7, 11) is 1.86. The Morgan fingerprint density at radius 3 is 2.42 bits per heavy atom. The molecule has 0 aliphatic carbocycles. The van der Waals surface area contributed by atoms with Crippen molar-refractivity contribution in [3.05, 3.63) is 66.0 Å². The van der Waals surface area contributed by atoms with Crippen molar-refractivity contribution in [3.63, 3.8) is 0 Å². The van der Waals surface area contributed by atoms with Gasteiger partial charge in [-0.15, -0.1) is 24.0 Å². The normalized spacial score (nSPS) is 15.4. The zero-order valence-electron chi connectivity index (χ0n) is 15.3. The molecule has 1 aromatic heterocycles. The topological polar surface area (TPSA) is 43.8 Å². The summed E-state index contributed by atoms with van der Waals surface area (Å²) in [6.07, 6.45) is 4.69. The molecule has 1 N–H and O–H groups in total. The van der Waals surface area contributed by atoms with Crippen LogP contribution < -0.4 is 5.32 Å². The Bertz CT molecular complexity index is 654. The van der Waals surface area contributed by atoms with E-state index in [0.717, 1.165) is 51.6 Å². The van der Waals surface area contributed by atoms with Gasteiger partial charge in [0.2, 0.25) is 0 Å². The summed E-state index contributed by atoms with van der Waals surface area (Å²) in [5.41, 5.74) is 2.63. The summed E-state index contributed by atoms with van der Waals surface area (Å²) >= 11 is 0. The third kappa shape index (κ3) is 6.25. The van der Waals surface area contributed by atoms with E-state index in [1.165, 1.54) is 11.1 Å². The van der Waals surface area contributed by atoms with Crippen LogP contribution in [0.1, 0.15) is 11.1 Å². The van der Waals surface area contributed by atoms with Gasteiger partial charge in [0.15, 0.2) is 5.96 Å². The average Bonchev–Trinajstić information content (AvgIpc) is 2.68. The van der Waals surface area contributed by atoms with Crippen molar-refractivity contribution in [2.24, 2.45) is 4.99 Å². The van der Waals surface area contributed by atoms with Crippen LogP contribution in [-0.2, 0) is 13.0 Å². The van der Waals surface area contributed by atoms with Crippen LogP contribution in [0.5, 0.6) is 0 Å². The number of halogens is 1. The number of piperazine rings is 1. The SMILES string of the molecule is CN=C(NCCc1cccnc1)N1CCN(Cc2ccccc2)CC1.I. The van der Waals surface area contributed by atoms with Gasteiger partial charge >= 0.3 is 0 Å². The Kier molecular flexibility index (Phi) is 8.84. The lowest BCUT2D eigenvalue weighted by molar-refractivity contribution is 0.172. The van der Waals surface area contributed by atoms with Gasteiger partial charge < -0.3 is 10.2 Å². The highest BCUT2D eigenvalue weighted by Crippen LogP contribution is 2.08. The second kappa shape index (κ2) is 11.1. The fourth-order valence-corrected chi connectivity index (χ4v) is 3.16. The Hall–Kier alpha value is -1.67. The van der Waals surface area contributed by atoms with Gasteiger partial charge in [0.05, 0.1) is 0 Å². The largest absolute Gasteiger partial charge is 0.356 e. The molecule has 1 aliphatic rings. The van der Waals surface area contributed by atoms with E-state index in [2.05, 4.69) is 61.5 Å². The molecule has 0 amide bonds. The standard InChI is InChI=1S/C20H27N5.HI/c1-21-20(23-11-9-18-8-5-10-22-16-18)25-14-12-24(13-15-25)17-19-6-3-2-4-7-19;/h2-8,10,16H,9,11-15,17H2,1H3,(H,21,23);1H. The lowest BCUT2D eigenvalue weighted by atomic mass is 10.2. The first kappa shape index (κ1) is 20.6. The van der Waals surface area contributed by atoms with Gasteiger partial charge in [0.1, 0.15) is 0 Å². The Morgan fingerprint density at radius 1 is 1.04 bits per heavy atom. The lowest BCUT2D eigenvalue weighted by Gasteiger charge is -2.36. The van der Waals surface area contributed by atoms with Gasteiger partial charge in [0, 0.05) is 58.7 Å². The molecule has 1 aliphatic heterocycles. The molecule has 1 aromatic carbocycles. The number of hydrogen-bond donors (Lipinski definition) is 1. The van der Waals surface area contributed by atoms with Gasteiger partial charge in [-0.1, -0.05) is 36.4 Å². The van der Waals surface area contributed by atoms with E-state index < -0.39 is 0 Å². The van der Waals surface area contributed by atoms with Crippen molar-refractivity contribution >= 4 is 29.9 Å². The summed E-state index contributed by atoms with van der Waals surface area (Å²) < 4.78 is 0. The third-order valence-corrected chi connectivity index (χ3v) is 4.55. The molecule has 0 radical (unpaired) electrons. The summed E-state index contributed by atoms with van der Waals surface area (Å²) in [6.45, 7) is 6.07. The maximum Gasteiger partial charge on any atom is 0.193 e. The Labute approximate surface area is 173 Å². The predicted octanol–water partition coefficient (Wildman–Crippen LogP) is 2.64. The molecule has 2 heterocycles. The predicted molar refractivity (Wildman–Crippen MR) is 118 cm³/mol. The molecule has 3 rings (SSSR count). The fraction of sp³-hybridized carbons (Fsp3) is 0.400. The lowest BCUT2D eigenvalue weighted by Crippen LogP contribution is -2.52. The quantitative estimate of drug-likeness (QED) is 0.419. The number of rotatable bonds is 5. The van der Waals surface area contributed by atoms with Crippen LogP contribution in [0, 0.1) is 0 Å². The molecule has 0 unspecified atom stereocenters. The summed E-state index contributed by atoms with van der Waals surface area (Å²) in [6, 6.07) is 14.8. The second-order valence-electron chi connectivity index (χ2n) is 6.33. The number of aliphatic imine (C=N–C) groups is 1. The number of nitrogens with zero attached hydrogens (tertiary/aromatic N) is 4. The highest BCUT2D eigenvalue weighted by atomic mass is 127. The molecule has 2 aromatic rings. The molecule has 6 heteroatoms. The van der Waals surface area contributed by atoms with Crippen molar-refractivity contribution in [3.8, 4) is 0 Å². The smallest absolute Gasteiger partial charge is 0.193 e. The summed E-state index contributed by atoms with van der Waals surface area (Å²) in [5, 5.41) is 3.48. The minimum atomic E-state index is 0. The number of benzene rings is 1. The fourth-order valence-electron chi connectivity index (χ4n) is 3.16. The van der Waals surface area contributed by atoms with Crippen LogP contribution in [0.4, 0.5) is 0 Å². The summed E-state index contributed by atoms with van der Waals surface area (Å²) in [5.74, 6) is 1.00. The third-order valence-electron chi connectivity index (χ3n) is 4.55. The van der Waals surface area contributed by atoms with E-state index in [9.17, 15) is 0 Å². The van der Waals surface area contributed by atoms with Crippen LogP contribution in [0.3, 0.4) is 0 Å². The molecule has 0 bridgehead atoms. The number of hydrogen-bond acceptors (Lipinski definition) is 3. The molecule has 26 heavy (non-hydrogen) atoms. The van der Waals surface area contributed by atoms with E-state index >= 15 is 0 Å². The Morgan fingerprint density at radius 2 is 1.77 bits per heavy atom. The van der Waals surface area contributed by atoms with Crippen molar-refractivity contribution in [1.82, 2.24) is 20.1 Å². The molecule has 1 fully saturated rings. The van der Waals surface area contributed by atoms with Crippen LogP contribution >= 0.6 is 24.0 Å². The van der Waals surface area contributed by atoms with E-state index in [0.29, 0.717) is 0 Å². The zero-order chi connectivity index (χ0) is 17.3. The highest BCUT2D eigenvalue weighted by molar-refractivity contribution is 14.0. The van der Waals surface area contributed by atoms with Crippen LogP contribution in [0.15, 0.2) is 59.9 Å². The molecule has 0 saturated carbocycles. The molecule has 140 valence electrons. The van der Waals surface area contributed by atoms with Gasteiger partial charge in [-0.05, 0) is 23.6 Å². The number of pyridine rings is 1. The highest BCUT2D eigenvalue weighted by Gasteiger charge is 2.19. The first-order valence-electron chi connectivity index (χ1n) is 8.96. The molecule has 0 spiro atoms. The molecule has 5 nitrogen and oxygen atoms in total. The van der Waals surface area contributed by atoms with Gasteiger partial charge in [0.25, 0.3) is 0 Å². The molecule has 0 atom stereocenters. The van der Waals surface area contributed by atoms with Crippen LogP contribution in [0.2, 0.25) is 0 Å². The average molecular weight is 465 g/mol. The molecular weight excluding hydrogens is 437 g/mol. The molecule has 1 saturated heterocycles. The van der Waals surface area contributed by atoms with Crippen molar-refractivity contribution in [2.45, 2.75) is 13.0 Å². The second-order valence-corrected chi connectivity index (χ2v) is 6.33. The zero-order valence-corrected chi connectivity index (χ0v) is 17.7. The number of guanidine groups is 1. The van der Waals surface area contributed by atoms with Crippen molar-refractivity contribution in [1.29, 1.82) is 0 Å². The minimum absolute atomic E-state index is 0. The van der Waals surface area contributed by atoms with E-state index in [1.807, 2.05) is 25.5 Å². The number of nitrogens with one attached hydrogen (secondary N) is 1. The maximum absolute atomic E-state index is 4.45. The van der Waals surface area contributed by atoms with Crippen molar-refractivity contribution < 1.29 is 0 Å². The van der Waals surface area contributed by atoms with E-state index in [1.54, 1.807) is 0 Å². The van der Waals surface area contributed by atoms with Crippen LogP contribution in [0.25, 0.3) is 0 Å². The van der Waals surface area contributed by atoms with Gasteiger partial charge in [-0.2, -0.15) is 0 Å². The monoisotopic (exact) mass is 465 g/mol. The first-order chi connectivity index (χ1) is 12.3. The van der Waals surface area contributed by atoms with E-state index in [4.69, 9.17) is 0 Å². The molecular formula is C20H28IN5. The van der Waals surface area contributed by atoms with Gasteiger partial charge in [-0.3, -0.25) is 14.9 Å². The van der Waals surface area contributed by atoms with Crippen molar-refractivity contribution in [2.75, 3.05) is 39.8 Å². The minimum Gasteiger partial charge on any atom is -0.356 e. The maximum atomic E-state index is 4.45.